The Morgan fingerprint density at radius 1 is 1.06 bits per heavy atom. The lowest BCUT2D eigenvalue weighted by Gasteiger charge is -2.15. The molecule has 36 heavy (non-hydrogen) atoms. The predicted octanol–water partition coefficient (Wildman–Crippen LogP) is 6.95. The predicted molar refractivity (Wildman–Crippen MR) is 147 cm³/mol. The quantitative estimate of drug-likeness (QED) is 0.225. The van der Waals surface area contributed by atoms with Gasteiger partial charge in [0.05, 0.1) is 17.6 Å². The van der Waals surface area contributed by atoms with Crippen LogP contribution in [0.3, 0.4) is 0 Å². The summed E-state index contributed by atoms with van der Waals surface area (Å²) in [7, 11) is 0. The van der Waals surface area contributed by atoms with Crippen molar-refractivity contribution in [2.75, 3.05) is 13.2 Å². The number of nitrogens with zero attached hydrogens (tertiary/aromatic N) is 2. The van der Waals surface area contributed by atoms with Crippen molar-refractivity contribution in [3.63, 3.8) is 0 Å². The molecular formula is C30H34ClN3O2. The van der Waals surface area contributed by atoms with Gasteiger partial charge in [0.15, 0.2) is 0 Å². The number of ether oxygens (including phenoxy) is 1. The molecule has 0 aliphatic heterocycles. The van der Waals surface area contributed by atoms with E-state index in [1.54, 1.807) is 24.3 Å². The molecular weight excluding hydrogens is 470 g/mol. The Kier molecular flexibility index (Phi) is 8.65. The molecule has 188 valence electrons. The maximum Gasteiger partial charge on any atom is 0.251 e. The number of fused-ring (bicyclic) bond motifs is 1. The Balaban J connectivity index is 1.35. The smallest absolute Gasteiger partial charge is 0.251 e. The molecule has 1 heterocycles. The van der Waals surface area contributed by atoms with Crippen molar-refractivity contribution in [2.24, 2.45) is 0 Å². The molecule has 4 aromatic rings. The van der Waals surface area contributed by atoms with E-state index in [4.69, 9.17) is 21.3 Å². The zero-order valence-electron chi connectivity index (χ0n) is 21.3. The largest absolute Gasteiger partial charge is 0.493 e. The van der Waals surface area contributed by atoms with E-state index in [1.165, 1.54) is 11.1 Å². The maximum atomic E-state index is 12.4. The van der Waals surface area contributed by atoms with Gasteiger partial charge in [0.25, 0.3) is 5.91 Å². The summed E-state index contributed by atoms with van der Waals surface area (Å²) in [6.45, 7) is 8.53. The average Bonchev–Trinajstić information content (AvgIpc) is 3.21. The van der Waals surface area contributed by atoms with E-state index in [2.05, 4.69) is 61.0 Å². The highest BCUT2D eigenvalue weighted by Gasteiger charge is 2.12. The zero-order valence-corrected chi connectivity index (χ0v) is 22.0. The van der Waals surface area contributed by atoms with Crippen LogP contribution in [0.15, 0.2) is 66.7 Å². The molecule has 1 amide bonds. The summed E-state index contributed by atoms with van der Waals surface area (Å²) in [5.41, 5.74) is 5.16. The van der Waals surface area contributed by atoms with Crippen molar-refractivity contribution in [2.45, 2.75) is 52.5 Å². The average molecular weight is 504 g/mol. The van der Waals surface area contributed by atoms with Crippen molar-refractivity contribution in [3.8, 4) is 5.75 Å². The highest BCUT2D eigenvalue weighted by atomic mass is 35.5. The van der Waals surface area contributed by atoms with E-state index in [0.717, 1.165) is 48.4 Å². The van der Waals surface area contributed by atoms with Gasteiger partial charge >= 0.3 is 0 Å². The van der Waals surface area contributed by atoms with Gasteiger partial charge in [-0.1, -0.05) is 55.8 Å². The molecule has 0 unspecified atom stereocenters. The number of carbonyl (C=O) groups is 1. The monoisotopic (exact) mass is 503 g/mol. The van der Waals surface area contributed by atoms with Gasteiger partial charge < -0.3 is 14.6 Å². The Bertz CT molecular complexity index is 1330. The van der Waals surface area contributed by atoms with Crippen LogP contribution in [0, 0.1) is 6.92 Å². The second-order valence-electron chi connectivity index (χ2n) is 9.44. The number of nitrogens with one attached hydrogen (secondary N) is 1. The van der Waals surface area contributed by atoms with Crippen LogP contribution < -0.4 is 10.1 Å². The summed E-state index contributed by atoms with van der Waals surface area (Å²) >= 11 is 6.00. The molecule has 0 saturated carbocycles. The topological polar surface area (TPSA) is 56.1 Å². The molecule has 1 N–H and O–H groups in total. The minimum absolute atomic E-state index is 0.111. The molecule has 0 fully saturated rings. The first-order valence-electron chi connectivity index (χ1n) is 12.6. The van der Waals surface area contributed by atoms with Crippen molar-refractivity contribution >= 4 is 28.5 Å². The van der Waals surface area contributed by atoms with Crippen LogP contribution in [0.2, 0.25) is 5.02 Å². The second-order valence-corrected chi connectivity index (χ2v) is 9.87. The van der Waals surface area contributed by atoms with Gasteiger partial charge in [-0.2, -0.15) is 0 Å². The molecule has 0 aliphatic rings. The van der Waals surface area contributed by atoms with Crippen molar-refractivity contribution in [1.29, 1.82) is 0 Å². The molecule has 4 rings (SSSR count). The van der Waals surface area contributed by atoms with Gasteiger partial charge in [-0.05, 0) is 73.2 Å². The lowest BCUT2D eigenvalue weighted by Crippen LogP contribution is -2.25. The molecule has 0 bridgehead atoms. The number of rotatable bonds is 11. The molecule has 0 aliphatic carbocycles. The van der Waals surface area contributed by atoms with Crippen LogP contribution in [0.1, 0.15) is 59.9 Å². The molecule has 0 spiro atoms. The zero-order chi connectivity index (χ0) is 25.5. The fourth-order valence-electron chi connectivity index (χ4n) is 4.39. The minimum atomic E-state index is -0.111. The minimum Gasteiger partial charge on any atom is -0.493 e. The van der Waals surface area contributed by atoms with E-state index in [9.17, 15) is 4.79 Å². The van der Waals surface area contributed by atoms with Gasteiger partial charge in [-0.3, -0.25) is 4.79 Å². The molecule has 0 radical (unpaired) electrons. The fraction of sp³-hybridized carbons (Fsp3) is 0.333. The SMILES string of the molecule is Cc1ccc(C(C)C)c(OCCCn2c(CCCNC(=O)c3cccc(Cl)c3)nc3ccccc32)c1. The number of aromatic nitrogens is 2. The van der Waals surface area contributed by atoms with Crippen molar-refractivity contribution < 1.29 is 9.53 Å². The van der Waals surface area contributed by atoms with E-state index < -0.39 is 0 Å². The van der Waals surface area contributed by atoms with E-state index in [1.807, 2.05) is 12.1 Å². The van der Waals surface area contributed by atoms with Crippen LogP contribution in [-0.4, -0.2) is 28.6 Å². The first kappa shape index (κ1) is 25.8. The molecule has 0 saturated heterocycles. The van der Waals surface area contributed by atoms with Crippen molar-refractivity contribution in [3.05, 3.63) is 94.3 Å². The van der Waals surface area contributed by atoms with Crippen LogP contribution in [-0.2, 0) is 13.0 Å². The third-order valence-corrected chi connectivity index (χ3v) is 6.49. The standard InChI is InChI=1S/C30H34ClN3O2/c1-21(2)25-15-14-22(3)19-28(25)36-18-8-17-34-27-12-5-4-11-26(27)33-29(34)13-7-16-32-30(35)23-9-6-10-24(31)20-23/h4-6,9-12,14-15,19-21H,7-8,13,16-18H2,1-3H3,(H,32,35). The summed E-state index contributed by atoms with van der Waals surface area (Å²) in [5.74, 6) is 2.33. The highest BCUT2D eigenvalue weighted by Crippen LogP contribution is 2.27. The summed E-state index contributed by atoms with van der Waals surface area (Å²) in [4.78, 5) is 17.3. The third kappa shape index (κ3) is 6.46. The van der Waals surface area contributed by atoms with Crippen molar-refractivity contribution in [1.82, 2.24) is 14.9 Å². The van der Waals surface area contributed by atoms with Crippen LogP contribution >= 0.6 is 11.6 Å². The molecule has 1 aromatic heterocycles. The number of hydrogen-bond acceptors (Lipinski definition) is 3. The van der Waals surface area contributed by atoms with Crippen LogP contribution in [0.4, 0.5) is 0 Å². The number of benzene rings is 3. The Labute approximate surface area is 218 Å². The summed E-state index contributed by atoms with van der Waals surface area (Å²) in [6.07, 6.45) is 2.46. The van der Waals surface area contributed by atoms with Gasteiger partial charge in [0, 0.05) is 30.1 Å². The number of para-hydroxylation sites is 2. The number of hydrogen-bond donors (Lipinski definition) is 1. The molecule has 5 nitrogen and oxygen atoms in total. The van der Waals surface area contributed by atoms with Crippen LogP contribution in [0.25, 0.3) is 11.0 Å². The molecule has 3 aromatic carbocycles. The van der Waals surface area contributed by atoms with Gasteiger partial charge in [0.1, 0.15) is 11.6 Å². The number of carbonyl (C=O) groups excluding carboxylic acids is 1. The van der Waals surface area contributed by atoms with Gasteiger partial charge in [-0.15, -0.1) is 0 Å². The molecule has 0 atom stereocenters. The maximum absolute atomic E-state index is 12.4. The Morgan fingerprint density at radius 3 is 2.69 bits per heavy atom. The first-order valence-corrected chi connectivity index (χ1v) is 13.0. The van der Waals surface area contributed by atoms with E-state index in [0.29, 0.717) is 29.7 Å². The summed E-state index contributed by atoms with van der Waals surface area (Å²) in [5, 5.41) is 3.54. The third-order valence-electron chi connectivity index (χ3n) is 6.26. The van der Waals surface area contributed by atoms with E-state index >= 15 is 0 Å². The van der Waals surface area contributed by atoms with Crippen LogP contribution in [0.5, 0.6) is 5.75 Å². The van der Waals surface area contributed by atoms with Gasteiger partial charge in [-0.25, -0.2) is 4.98 Å². The Morgan fingerprint density at radius 2 is 1.89 bits per heavy atom. The Hall–Kier alpha value is -3.31. The number of imidazole rings is 1. The number of halogens is 1. The second kappa shape index (κ2) is 12.1. The van der Waals surface area contributed by atoms with Gasteiger partial charge in [0.2, 0.25) is 0 Å². The fourth-order valence-corrected chi connectivity index (χ4v) is 4.58. The number of amides is 1. The van der Waals surface area contributed by atoms with E-state index in [-0.39, 0.29) is 5.91 Å². The lowest BCUT2D eigenvalue weighted by molar-refractivity contribution is 0.0953. The number of aryl methyl sites for hydroxylation is 3. The normalized spacial score (nSPS) is 11.2. The summed E-state index contributed by atoms with van der Waals surface area (Å²) in [6, 6.07) is 21.7. The first-order chi connectivity index (χ1) is 17.4. The summed E-state index contributed by atoms with van der Waals surface area (Å²) < 4.78 is 8.50. The lowest BCUT2D eigenvalue weighted by atomic mass is 10.0. The molecule has 6 heteroatoms. The highest BCUT2D eigenvalue weighted by molar-refractivity contribution is 6.30.